The Kier molecular flexibility index (Phi) is 7.41. The van der Waals surface area contributed by atoms with E-state index in [2.05, 4.69) is 28.2 Å². The first-order valence-corrected chi connectivity index (χ1v) is 9.08. The highest BCUT2D eigenvalue weighted by molar-refractivity contribution is 6.10. The summed E-state index contributed by atoms with van der Waals surface area (Å²) in [4.78, 5) is 26.5. The maximum Gasteiger partial charge on any atom is 0.163 e. The van der Waals surface area contributed by atoms with Gasteiger partial charge in [-0.25, -0.2) is 0 Å². The molecule has 140 valence electrons. The van der Waals surface area contributed by atoms with Crippen LogP contribution in [0, 0.1) is 0 Å². The average Bonchev–Trinajstić information content (AvgIpc) is 2.65. The van der Waals surface area contributed by atoms with Gasteiger partial charge in [0, 0.05) is 0 Å². The number of carbonyl (C=O) groups is 2. The Hall–Kier alpha value is -2.82. The Labute approximate surface area is 161 Å². The van der Waals surface area contributed by atoms with Crippen LogP contribution >= 0.6 is 0 Å². The summed E-state index contributed by atoms with van der Waals surface area (Å²) in [5, 5.41) is 0. The van der Waals surface area contributed by atoms with Gasteiger partial charge in [0.1, 0.15) is 11.4 Å². The topological polar surface area (TPSA) is 43.0 Å². The molecule has 0 aliphatic carbocycles. The Morgan fingerprint density at radius 1 is 0.667 bits per heavy atom. The van der Waals surface area contributed by atoms with E-state index in [9.17, 15) is 9.59 Å². The van der Waals surface area contributed by atoms with E-state index in [1.54, 1.807) is 12.2 Å². The van der Waals surface area contributed by atoms with Crippen LogP contribution in [-0.4, -0.2) is 39.8 Å². The van der Waals surface area contributed by atoms with Crippen molar-refractivity contribution in [1.29, 1.82) is 0 Å². The summed E-state index contributed by atoms with van der Waals surface area (Å²) in [5.41, 5.74) is 4.25. The van der Waals surface area contributed by atoms with E-state index >= 15 is 0 Å². The van der Waals surface area contributed by atoms with Crippen LogP contribution in [-0.2, 0) is 9.59 Å². The summed E-state index contributed by atoms with van der Waals surface area (Å²) in [5.74, 6) is -0.392. The van der Waals surface area contributed by atoms with Gasteiger partial charge in [0.05, 0.1) is 34.6 Å². The zero-order valence-electron chi connectivity index (χ0n) is 16.5. The summed E-state index contributed by atoms with van der Waals surface area (Å²) in [6, 6.07) is 16.0. The smallest absolute Gasteiger partial charge is 0.163 e. The number of nitrogens with one attached hydrogen (secondary N) is 2. The second kappa shape index (κ2) is 9.76. The first kappa shape index (κ1) is 20.5. The SMILES string of the molecule is C[NH+](C)c1ccc(/C=C/C(=O)CC(=O)/C=C/c2ccc([NH+](C)C)cc2)cc1. The summed E-state index contributed by atoms with van der Waals surface area (Å²) in [6.45, 7) is 0. The number of hydrogen-bond donors (Lipinski definition) is 2. The molecule has 27 heavy (non-hydrogen) atoms. The van der Waals surface area contributed by atoms with Gasteiger partial charge in [0.15, 0.2) is 11.6 Å². The maximum atomic E-state index is 12.0. The molecule has 0 fully saturated rings. The van der Waals surface area contributed by atoms with Crippen LogP contribution in [0.2, 0.25) is 0 Å². The van der Waals surface area contributed by atoms with Crippen molar-refractivity contribution in [3.8, 4) is 0 Å². The van der Waals surface area contributed by atoms with E-state index in [0.717, 1.165) is 11.1 Å². The molecule has 0 amide bonds. The van der Waals surface area contributed by atoms with E-state index in [0.29, 0.717) is 0 Å². The van der Waals surface area contributed by atoms with Crippen molar-refractivity contribution in [2.24, 2.45) is 0 Å². The fraction of sp³-hybridized carbons (Fsp3) is 0.217. The molecule has 4 nitrogen and oxygen atoms in total. The fourth-order valence-electron chi connectivity index (χ4n) is 2.52. The molecule has 0 aromatic heterocycles. The summed E-state index contributed by atoms with van der Waals surface area (Å²) in [7, 11) is 8.24. The molecule has 0 bridgehead atoms. The van der Waals surface area contributed by atoms with Gasteiger partial charge in [0.25, 0.3) is 0 Å². The van der Waals surface area contributed by atoms with Crippen molar-refractivity contribution in [3.05, 3.63) is 71.8 Å². The van der Waals surface area contributed by atoms with Crippen LogP contribution < -0.4 is 9.80 Å². The normalized spacial score (nSPS) is 11.8. The van der Waals surface area contributed by atoms with Crippen LogP contribution in [0.4, 0.5) is 11.4 Å². The Bertz CT molecular complexity index is 758. The number of benzene rings is 2. The second-order valence-electron chi connectivity index (χ2n) is 7.02. The highest BCUT2D eigenvalue weighted by Gasteiger charge is 2.04. The van der Waals surface area contributed by atoms with Crippen LogP contribution in [0.1, 0.15) is 17.5 Å². The monoisotopic (exact) mass is 364 g/mol. The molecular weight excluding hydrogens is 336 g/mol. The molecule has 2 aromatic carbocycles. The molecule has 2 rings (SSSR count). The van der Waals surface area contributed by atoms with E-state index in [1.807, 2.05) is 48.5 Å². The minimum absolute atomic E-state index is 0.118. The zero-order valence-corrected chi connectivity index (χ0v) is 16.5. The lowest BCUT2D eigenvalue weighted by Crippen LogP contribution is -3.00. The molecule has 2 N–H and O–H groups in total. The average molecular weight is 364 g/mol. The highest BCUT2D eigenvalue weighted by Crippen LogP contribution is 2.09. The van der Waals surface area contributed by atoms with E-state index in [-0.39, 0.29) is 18.0 Å². The first-order valence-electron chi connectivity index (χ1n) is 9.08. The number of hydrogen-bond acceptors (Lipinski definition) is 2. The highest BCUT2D eigenvalue weighted by atomic mass is 16.1. The van der Waals surface area contributed by atoms with Gasteiger partial charge in [-0.05, 0) is 71.8 Å². The lowest BCUT2D eigenvalue weighted by Gasteiger charge is -2.05. The third-order valence-corrected chi connectivity index (χ3v) is 4.25. The van der Waals surface area contributed by atoms with Gasteiger partial charge in [-0.15, -0.1) is 0 Å². The molecule has 0 atom stereocenters. The molecule has 0 spiro atoms. The van der Waals surface area contributed by atoms with Crippen molar-refractivity contribution in [2.45, 2.75) is 6.42 Å². The van der Waals surface area contributed by atoms with Gasteiger partial charge >= 0.3 is 0 Å². The summed E-state index contributed by atoms with van der Waals surface area (Å²) >= 11 is 0. The van der Waals surface area contributed by atoms with Crippen LogP contribution in [0.3, 0.4) is 0 Å². The molecular formula is C23H28N2O2+2. The predicted molar refractivity (Wildman–Crippen MR) is 111 cm³/mol. The van der Waals surface area contributed by atoms with Gasteiger partial charge < -0.3 is 9.80 Å². The molecule has 0 aliphatic rings. The van der Waals surface area contributed by atoms with Gasteiger partial charge in [0.2, 0.25) is 0 Å². The minimum atomic E-state index is -0.196. The number of carbonyl (C=O) groups excluding carboxylic acids is 2. The molecule has 0 unspecified atom stereocenters. The third-order valence-electron chi connectivity index (χ3n) is 4.25. The Balaban J connectivity index is 1.88. The molecule has 0 heterocycles. The maximum absolute atomic E-state index is 12.0. The number of rotatable bonds is 8. The predicted octanol–water partition coefficient (Wildman–Crippen LogP) is 1.49. The number of allylic oxidation sites excluding steroid dienone is 2. The van der Waals surface area contributed by atoms with E-state index in [1.165, 1.54) is 33.3 Å². The molecule has 0 aliphatic heterocycles. The second-order valence-corrected chi connectivity index (χ2v) is 7.02. The quantitative estimate of drug-likeness (QED) is 0.551. The van der Waals surface area contributed by atoms with Gasteiger partial charge in [-0.2, -0.15) is 0 Å². The lowest BCUT2D eigenvalue weighted by atomic mass is 10.1. The van der Waals surface area contributed by atoms with Crippen molar-refractivity contribution < 1.29 is 19.4 Å². The summed E-state index contributed by atoms with van der Waals surface area (Å²) < 4.78 is 0. The zero-order chi connectivity index (χ0) is 19.8. The van der Waals surface area contributed by atoms with Gasteiger partial charge in [-0.3, -0.25) is 9.59 Å². The van der Waals surface area contributed by atoms with Crippen LogP contribution in [0.15, 0.2) is 60.7 Å². The third kappa shape index (κ3) is 6.77. The van der Waals surface area contributed by atoms with E-state index in [4.69, 9.17) is 0 Å². The van der Waals surface area contributed by atoms with Crippen LogP contribution in [0.25, 0.3) is 12.2 Å². The fourth-order valence-corrected chi connectivity index (χ4v) is 2.52. The molecule has 4 heteroatoms. The Morgan fingerprint density at radius 2 is 1.00 bits per heavy atom. The van der Waals surface area contributed by atoms with Crippen molar-refractivity contribution >= 4 is 35.1 Å². The largest absolute Gasteiger partial charge is 0.307 e. The summed E-state index contributed by atoms with van der Waals surface area (Å²) in [6.07, 6.45) is 6.31. The number of quaternary nitrogens is 2. The number of ketones is 2. The molecule has 0 radical (unpaired) electrons. The Morgan fingerprint density at radius 3 is 1.30 bits per heavy atom. The first-order chi connectivity index (χ1) is 12.8. The standard InChI is InChI=1S/C23H26N2O2/c1-24(2)20-11-5-18(6-12-20)9-15-22(26)17-23(27)16-10-19-7-13-21(14-8-19)25(3)4/h5-16H,17H2,1-4H3/p+2/b15-9+,16-10+. The lowest BCUT2D eigenvalue weighted by molar-refractivity contribution is -0.786. The van der Waals surface area contributed by atoms with Crippen molar-refractivity contribution in [2.75, 3.05) is 28.2 Å². The van der Waals surface area contributed by atoms with Crippen LogP contribution in [0.5, 0.6) is 0 Å². The van der Waals surface area contributed by atoms with E-state index < -0.39 is 0 Å². The molecule has 2 aromatic rings. The van der Waals surface area contributed by atoms with Crippen molar-refractivity contribution in [1.82, 2.24) is 0 Å². The van der Waals surface area contributed by atoms with Gasteiger partial charge in [-0.1, -0.05) is 12.2 Å². The minimum Gasteiger partial charge on any atom is -0.307 e. The van der Waals surface area contributed by atoms with Crippen molar-refractivity contribution in [3.63, 3.8) is 0 Å². The molecule has 0 saturated carbocycles. The molecule has 0 saturated heterocycles.